The van der Waals surface area contributed by atoms with Crippen molar-refractivity contribution in [3.63, 3.8) is 0 Å². The average Bonchev–Trinajstić information content (AvgIpc) is 2.44. The number of aryl methyl sites for hydroxylation is 2. The number of hydrogen-bond acceptors (Lipinski definition) is 1. The summed E-state index contributed by atoms with van der Waals surface area (Å²) in [4.78, 5) is 4.26. The number of nitrogens with zero attached hydrogens (tertiary/aromatic N) is 2. The molecule has 0 N–H and O–H groups in total. The Morgan fingerprint density at radius 1 is 1.54 bits per heavy atom. The Morgan fingerprint density at radius 2 is 2.31 bits per heavy atom. The quantitative estimate of drug-likeness (QED) is 0.646. The Bertz CT molecular complexity index is 466. The summed E-state index contributed by atoms with van der Waals surface area (Å²) in [6, 6.07) is 4.15. The number of hydrogen-bond donors (Lipinski definition) is 0. The Hall–Kier alpha value is -1.57. The summed E-state index contributed by atoms with van der Waals surface area (Å²) in [7, 11) is 2.04. The van der Waals surface area contributed by atoms with Crippen molar-refractivity contribution in [3.05, 3.63) is 36.3 Å². The lowest BCUT2D eigenvalue weighted by atomic mass is 10.2. The molecule has 0 aliphatic carbocycles. The van der Waals surface area contributed by atoms with E-state index in [1.807, 2.05) is 32.3 Å². The molecule has 0 fully saturated rings. The van der Waals surface area contributed by atoms with E-state index < -0.39 is 0 Å². The van der Waals surface area contributed by atoms with Gasteiger partial charge in [0.2, 0.25) is 0 Å². The van der Waals surface area contributed by atoms with Gasteiger partial charge in [0.25, 0.3) is 0 Å². The first-order valence-electron chi connectivity index (χ1n) is 4.27. The molecule has 0 unspecified atom stereocenters. The molecule has 0 aliphatic heterocycles. The second-order valence-corrected chi connectivity index (χ2v) is 3.17. The average molecular weight is 172 g/mol. The fourth-order valence-electron chi connectivity index (χ4n) is 1.71. The van der Waals surface area contributed by atoms with Crippen molar-refractivity contribution in [1.82, 2.24) is 9.55 Å². The third-order valence-electron chi connectivity index (χ3n) is 2.37. The second-order valence-electron chi connectivity index (χ2n) is 3.17. The molecule has 0 atom stereocenters. The molecule has 2 nitrogen and oxygen atoms in total. The van der Waals surface area contributed by atoms with Gasteiger partial charge in [-0.05, 0) is 25.1 Å². The number of aromatic nitrogens is 2. The van der Waals surface area contributed by atoms with E-state index in [1.165, 1.54) is 10.9 Å². The molecule has 0 amide bonds. The van der Waals surface area contributed by atoms with E-state index in [1.54, 1.807) is 0 Å². The second kappa shape index (κ2) is 2.73. The zero-order valence-electron chi connectivity index (χ0n) is 7.91. The van der Waals surface area contributed by atoms with E-state index in [4.69, 9.17) is 0 Å². The molecule has 2 heterocycles. The Morgan fingerprint density at radius 3 is 2.92 bits per heavy atom. The molecule has 2 aromatic heterocycles. The van der Waals surface area contributed by atoms with Crippen LogP contribution in [0.3, 0.4) is 0 Å². The highest BCUT2D eigenvalue weighted by Crippen LogP contribution is 2.20. The van der Waals surface area contributed by atoms with Crippen molar-refractivity contribution >= 4 is 17.0 Å². The lowest BCUT2D eigenvalue weighted by Gasteiger charge is -2.00. The summed E-state index contributed by atoms with van der Waals surface area (Å²) in [5, 5.41) is 1.23. The monoisotopic (exact) mass is 172 g/mol. The summed E-state index contributed by atoms with van der Waals surface area (Å²) in [6.07, 6.45) is 3.70. The van der Waals surface area contributed by atoms with Crippen LogP contribution in [0.2, 0.25) is 0 Å². The molecule has 2 heteroatoms. The predicted octanol–water partition coefficient (Wildman–Crippen LogP) is 2.52. The topological polar surface area (TPSA) is 17.8 Å². The van der Waals surface area contributed by atoms with Crippen molar-refractivity contribution in [3.8, 4) is 0 Å². The van der Waals surface area contributed by atoms with Gasteiger partial charge in [-0.1, -0.05) is 6.58 Å². The standard InChI is InChI=1S/C11H12N2/c1-4-10-7-9-5-6-12-8(2)11(9)13(10)3/h4-7H,1H2,2-3H3. The maximum absolute atomic E-state index is 4.26. The van der Waals surface area contributed by atoms with E-state index in [2.05, 4.69) is 22.2 Å². The van der Waals surface area contributed by atoms with Crippen LogP contribution in [0.1, 0.15) is 11.4 Å². The van der Waals surface area contributed by atoms with Gasteiger partial charge in [-0.15, -0.1) is 0 Å². The summed E-state index contributed by atoms with van der Waals surface area (Å²) in [5.41, 5.74) is 3.39. The van der Waals surface area contributed by atoms with Crippen molar-refractivity contribution in [2.45, 2.75) is 6.92 Å². The maximum atomic E-state index is 4.26. The largest absolute Gasteiger partial charge is 0.343 e. The number of fused-ring (bicyclic) bond motifs is 1. The van der Waals surface area contributed by atoms with Crippen molar-refractivity contribution in [1.29, 1.82) is 0 Å². The van der Waals surface area contributed by atoms with Crippen LogP contribution in [-0.4, -0.2) is 9.55 Å². The minimum atomic E-state index is 1.06. The van der Waals surface area contributed by atoms with Crippen LogP contribution in [0.25, 0.3) is 17.0 Å². The normalized spacial score (nSPS) is 10.6. The SMILES string of the molecule is C=Cc1cc2ccnc(C)c2n1C. The molecule has 13 heavy (non-hydrogen) atoms. The molecule has 0 radical (unpaired) electrons. The van der Waals surface area contributed by atoms with Crippen LogP contribution in [0.5, 0.6) is 0 Å². The molecule has 66 valence electrons. The zero-order valence-corrected chi connectivity index (χ0v) is 7.91. The van der Waals surface area contributed by atoms with Crippen LogP contribution < -0.4 is 0 Å². The van der Waals surface area contributed by atoms with Gasteiger partial charge in [-0.2, -0.15) is 0 Å². The minimum Gasteiger partial charge on any atom is -0.343 e. The van der Waals surface area contributed by atoms with Gasteiger partial charge in [0, 0.05) is 24.3 Å². The lowest BCUT2D eigenvalue weighted by molar-refractivity contribution is 0.943. The minimum absolute atomic E-state index is 1.06. The van der Waals surface area contributed by atoms with Gasteiger partial charge in [0.1, 0.15) is 0 Å². The van der Waals surface area contributed by atoms with Crippen LogP contribution in [0.4, 0.5) is 0 Å². The van der Waals surface area contributed by atoms with Gasteiger partial charge < -0.3 is 4.57 Å². The maximum Gasteiger partial charge on any atom is 0.0698 e. The van der Waals surface area contributed by atoms with Crippen LogP contribution in [0, 0.1) is 6.92 Å². The van der Waals surface area contributed by atoms with Crippen LogP contribution in [-0.2, 0) is 7.05 Å². The van der Waals surface area contributed by atoms with Gasteiger partial charge in [-0.3, -0.25) is 4.98 Å². The van der Waals surface area contributed by atoms with Gasteiger partial charge in [0.15, 0.2) is 0 Å². The lowest BCUT2D eigenvalue weighted by Crippen LogP contribution is -1.92. The van der Waals surface area contributed by atoms with Crippen molar-refractivity contribution in [2.24, 2.45) is 7.05 Å². The molecule has 0 saturated carbocycles. The Balaban J connectivity index is 2.92. The molecule has 0 aliphatic rings. The molecule has 0 aromatic carbocycles. The summed E-state index contributed by atoms with van der Waals surface area (Å²) >= 11 is 0. The van der Waals surface area contributed by atoms with E-state index >= 15 is 0 Å². The third kappa shape index (κ3) is 1.06. The van der Waals surface area contributed by atoms with E-state index in [-0.39, 0.29) is 0 Å². The van der Waals surface area contributed by atoms with E-state index in [0.717, 1.165) is 11.4 Å². The van der Waals surface area contributed by atoms with Crippen molar-refractivity contribution in [2.75, 3.05) is 0 Å². The first-order chi connectivity index (χ1) is 6.24. The molecule has 0 bridgehead atoms. The van der Waals surface area contributed by atoms with Crippen LogP contribution in [0.15, 0.2) is 24.9 Å². The Labute approximate surface area is 77.5 Å². The first kappa shape index (κ1) is 8.05. The number of pyridine rings is 1. The molecule has 2 aromatic rings. The molecular formula is C11H12N2. The summed E-state index contributed by atoms with van der Waals surface area (Å²) < 4.78 is 2.12. The van der Waals surface area contributed by atoms with Crippen molar-refractivity contribution < 1.29 is 0 Å². The van der Waals surface area contributed by atoms with E-state index in [9.17, 15) is 0 Å². The fraction of sp³-hybridized carbons (Fsp3) is 0.182. The molecule has 2 rings (SSSR count). The summed E-state index contributed by atoms with van der Waals surface area (Å²) in [6.45, 7) is 5.80. The highest BCUT2D eigenvalue weighted by atomic mass is 15.0. The first-order valence-corrected chi connectivity index (χ1v) is 4.27. The van der Waals surface area contributed by atoms with Gasteiger partial charge in [0.05, 0.1) is 11.2 Å². The molecular weight excluding hydrogens is 160 g/mol. The van der Waals surface area contributed by atoms with Gasteiger partial charge >= 0.3 is 0 Å². The van der Waals surface area contributed by atoms with E-state index in [0.29, 0.717) is 0 Å². The van der Waals surface area contributed by atoms with Gasteiger partial charge in [-0.25, -0.2) is 0 Å². The highest BCUT2D eigenvalue weighted by molar-refractivity contribution is 5.84. The predicted molar refractivity (Wildman–Crippen MR) is 55.5 cm³/mol. The number of rotatable bonds is 1. The fourth-order valence-corrected chi connectivity index (χ4v) is 1.71. The summed E-state index contributed by atoms with van der Waals surface area (Å²) in [5.74, 6) is 0. The Kier molecular flexibility index (Phi) is 1.69. The highest BCUT2D eigenvalue weighted by Gasteiger charge is 2.04. The molecule has 0 saturated heterocycles. The van der Waals surface area contributed by atoms with Crippen LogP contribution >= 0.6 is 0 Å². The smallest absolute Gasteiger partial charge is 0.0698 e. The third-order valence-corrected chi connectivity index (χ3v) is 2.37. The molecule has 0 spiro atoms. The zero-order chi connectivity index (χ0) is 9.42.